The molecule has 0 unspecified atom stereocenters. The summed E-state index contributed by atoms with van der Waals surface area (Å²) in [4.78, 5) is 0. The first-order chi connectivity index (χ1) is 5.88. The van der Waals surface area contributed by atoms with Crippen LogP contribution in [0.25, 0.3) is 0 Å². The molecule has 0 saturated heterocycles. The van der Waals surface area contributed by atoms with Crippen LogP contribution in [-0.2, 0) is 12.7 Å². The first kappa shape index (κ1) is 10.1. The van der Waals surface area contributed by atoms with Crippen LogP contribution >= 0.6 is 0 Å². The highest BCUT2D eigenvalue weighted by molar-refractivity contribution is 5.27. The number of hydrogen-bond donors (Lipinski definition) is 0. The standard InChI is InChI=1S/C8H9F4N/c1-3-13-4-6(8(10,11)12)5(2)7(13)9/h4H,3H2,1-2H3. The van der Waals surface area contributed by atoms with E-state index in [1.807, 2.05) is 0 Å². The Kier molecular flexibility index (Phi) is 2.36. The fourth-order valence-electron chi connectivity index (χ4n) is 1.15. The minimum Gasteiger partial charge on any atom is -0.324 e. The Labute approximate surface area is 73.0 Å². The minimum atomic E-state index is -4.47. The molecular weight excluding hydrogens is 186 g/mol. The van der Waals surface area contributed by atoms with Gasteiger partial charge in [0, 0.05) is 18.3 Å². The number of halogens is 4. The molecule has 1 heterocycles. The number of aryl methyl sites for hydroxylation is 1. The number of aromatic nitrogens is 1. The molecule has 1 aromatic heterocycles. The molecule has 0 aromatic carbocycles. The Balaban J connectivity index is 3.25. The van der Waals surface area contributed by atoms with Crippen molar-refractivity contribution in [1.82, 2.24) is 4.57 Å². The highest BCUT2D eigenvalue weighted by Gasteiger charge is 2.35. The summed E-state index contributed by atoms with van der Waals surface area (Å²) in [6.45, 7) is 2.91. The lowest BCUT2D eigenvalue weighted by Crippen LogP contribution is -2.05. The third kappa shape index (κ3) is 1.68. The van der Waals surface area contributed by atoms with Gasteiger partial charge in [-0.05, 0) is 13.8 Å². The van der Waals surface area contributed by atoms with Crippen LogP contribution in [0.5, 0.6) is 0 Å². The first-order valence-corrected chi connectivity index (χ1v) is 3.80. The lowest BCUT2D eigenvalue weighted by Gasteiger charge is -2.03. The van der Waals surface area contributed by atoms with Crippen molar-refractivity contribution in [1.29, 1.82) is 0 Å². The summed E-state index contributed by atoms with van der Waals surface area (Å²) in [5, 5.41) is 0. The quantitative estimate of drug-likeness (QED) is 0.607. The fraction of sp³-hybridized carbons (Fsp3) is 0.500. The number of alkyl halides is 3. The highest BCUT2D eigenvalue weighted by atomic mass is 19.4. The van der Waals surface area contributed by atoms with Crippen LogP contribution in [0, 0.1) is 12.9 Å². The Morgan fingerprint density at radius 2 is 1.92 bits per heavy atom. The molecule has 0 aliphatic rings. The lowest BCUT2D eigenvalue weighted by molar-refractivity contribution is -0.138. The maximum absolute atomic E-state index is 13.0. The summed E-state index contributed by atoms with van der Waals surface area (Å²) >= 11 is 0. The van der Waals surface area contributed by atoms with Crippen molar-refractivity contribution < 1.29 is 17.6 Å². The average Bonchev–Trinajstić information content (AvgIpc) is 2.28. The summed E-state index contributed by atoms with van der Waals surface area (Å²) in [7, 11) is 0. The van der Waals surface area contributed by atoms with Gasteiger partial charge in [-0.3, -0.25) is 0 Å². The molecule has 0 N–H and O–H groups in total. The highest BCUT2D eigenvalue weighted by Crippen LogP contribution is 2.33. The Morgan fingerprint density at radius 3 is 2.15 bits per heavy atom. The second-order valence-corrected chi connectivity index (χ2v) is 2.74. The summed E-state index contributed by atoms with van der Waals surface area (Å²) in [5.74, 6) is -0.810. The van der Waals surface area contributed by atoms with Gasteiger partial charge in [0.05, 0.1) is 5.56 Å². The molecule has 5 heteroatoms. The molecule has 0 aliphatic carbocycles. The van der Waals surface area contributed by atoms with Crippen LogP contribution in [0.4, 0.5) is 17.6 Å². The van der Waals surface area contributed by atoms with E-state index in [-0.39, 0.29) is 12.1 Å². The van der Waals surface area contributed by atoms with E-state index in [2.05, 4.69) is 0 Å². The van der Waals surface area contributed by atoms with Crippen LogP contribution in [0.3, 0.4) is 0 Å². The molecule has 0 fully saturated rings. The SMILES string of the molecule is CCn1cc(C(F)(F)F)c(C)c1F. The van der Waals surface area contributed by atoms with E-state index in [1.54, 1.807) is 6.92 Å². The van der Waals surface area contributed by atoms with E-state index in [4.69, 9.17) is 0 Å². The predicted molar refractivity (Wildman–Crippen MR) is 39.8 cm³/mol. The Bertz CT molecular complexity index is 311. The van der Waals surface area contributed by atoms with Gasteiger partial charge < -0.3 is 4.57 Å². The zero-order valence-corrected chi connectivity index (χ0v) is 7.24. The minimum absolute atomic E-state index is 0.197. The van der Waals surface area contributed by atoms with Crippen LogP contribution in [0.15, 0.2) is 6.20 Å². The van der Waals surface area contributed by atoms with Gasteiger partial charge in [0.25, 0.3) is 0 Å². The van der Waals surface area contributed by atoms with Crippen molar-refractivity contribution in [2.45, 2.75) is 26.6 Å². The topological polar surface area (TPSA) is 4.93 Å². The molecule has 0 bridgehead atoms. The second-order valence-electron chi connectivity index (χ2n) is 2.74. The molecular formula is C8H9F4N. The molecule has 0 spiro atoms. The Morgan fingerprint density at radius 1 is 1.38 bits per heavy atom. The van der Waals surface area contributed by atoms with Gasteiger partial charge in [0.15, 0.2) is 5.95 Å². The summed E-state index contributed by atoms with van der Waals surface area (Å²) in [5.41, 5.74) is -1.24. The second kappa shape index (κ2) is 3.05. The van der Waals surface area contributed by atoms with Crippen LogP contribution in [0.1, 0.15) is 18.1 Å². The third-order valence-corrected chi connectivity index (χ3v) is 1.90. The zero-order chi connectivity index (χ0) is 10.2. The average molecular weight is 195 g/mol. The van der Waals surface area contributed by atoms with E-state index in [0.717, 1.165) is 17.7 Å². The van der Waals surface area contributed by atoms with Gasteiger partial charge in [0.2, 0.25) is 0 Å². The van der Waals surface area contributed by atoms with Crippen LogP contribution in [-0.4, -0.2) is 4.57 Å². The molecule has 0 atom stereocenters. The van der Waals surface area contributed by atoms with Crippen molar-refractivity contribution in [3.05, 3.63) is 23.3 Å². The van der Waals surface area contributed by atoms with E-state index in [1.165, 1.54) is 0 Å². The molecule has 74 valence electrons. The number of rotatable bonds is 1. The van der Waals surface area contributed by atoms with Gasteiger partial charge >= 0.3 is 6.18 Å². The van der Waals surface area contributed by atoms with Crippen molar-refractivity contribution in [3.63, 3.8) is 0 Å². The van der Waals surface area contributed by atoms with Gasteiger partial charge in [-0.1, -0.05) is 0 Å². The van der Waals surface area contributed by atoms with Gasteiger partial charge in [-0.25, -0.2) is 0 Å². The lowest BCUT2D eigenvalue weighted by atomic mass is 10.2. The van der Waals surface area contributed by atoms with Gasteiger partial charge in [-0.15, -0.1) is 0 Å². The molecule has 13 heavy (non-hydrogen) atoms. The monoisotopic (exact) mass is 195 g/mol. The van der Waals surface area contributed by atoms with E-state index in [0.29, 0.717) is 0 Å². The molecule has 0 aliphatic heterocycles. The van der Waals surface area contributed by atoms with Crippen molar-refractivity contribution in [3.8, 4) is 0 Å². The maximum Gasteiger partial charge on any atom is 0.418 e. The van der Waals surface area contributed by atoms with Crippen molar-refractivity contribution in [2.75, 3.05) is 0 Å². The van der Waals surface area contributed by atoms with E-state index >= 15 is 0 Å². The smallest absolute Gasteiger partial charge is 0.324 e. The maximum atomic E-state index is 13.0. The summed E-state index contributed by atoms with van der Waals surface area (Å²) in [6, 6.07) is 0. The summed E-state index contributed by atoms with van der Waals surface area (Å²) in [6.07, 6.45) is -3.67. The van der Waals surface area contributed by atoms with Crippen LogP contribution in [0.2, 0.25) is 0 Å². The summed E-state index contributed by atoms with van der Waals surface area (Å²) < 4.78 is 50.6. The Hall–Kier alpha value is -1.00. The van der Waals surface area contributed by atoms with Crippen molar-refractivity contribution in [2.24, 2.45) is 0 Å². The van der Waals surface area contributed by atoms with Gasteiger partial charge in [0.1, 0.15) is 0 Å². The predicted octanol–water partition coefficient (Wildman–Crippen LogP) is 2.97. The van der Waals surface area contributed by atoms with E-state index in [9.17, 15) is 17.6 Å². The zero-order valence-electron chi connectivity index (χ0n) is 7.24. The van der Waals surface area contributed by atoms with Gasteiger partial charge in [-0.2, -0.15) is 17.6 Å². The molecule has 1 rings (SSSR count). The number of nitrogens with zero attached hydrogens (tertiary/aromatic N) is 1. The normalized spacial score (nSPS) is 12.2. The molecule has 0 saturated carbocycles. The van der Waals surface area contributed by atoms with Crippen molar-refractivity contribution >= 4 is 0 Å². The molecule has 0 radical (unpaired) electrons. The van der Waals surface area contributed by atoms with Crippen LogP contribution < -0.4 is 0 Å². The number of hydrogen-bond acceptors (Lipinski definition) is 0. The molecule has 1 aromatic rings. The largest absolute Gasteiger partial charge is 0.418 e. The molecule has 1 nitrogen and oxygen atoms in total. The van der Waals surface area contributed by atoms with E-state index < -0.39 is 17.7 Å². The fourth-order valence-corrected chi connectivity index (χ4v) is 1.15. The third-order valence-electron chi connectivity index (χ3n) is 1.90. The first-order valence-electron chi connectivity index (χ1n) is 3.80. The molecule has 0 amide bonds.